The number of aromatic nitrogens is 2. The van der Waals surface area contributed by atoms with Crippen molar-refractivity contribution < 1.29 is 9.90 Å². The number of benzene rings is 3. The van der Waals surface area contributed by atoms with Gasteiger partial charge in [0.1, 0.15) is 17.4 Å². The zero-order valence-electron chi connectivity index (χ0n) is 16.4. The predicted octanol–water partition coefficient (Wildman–Crippen LogP) is 3.68. The number of hydrogen-bond acceptors (Lipinski definition) is 3. The monoisotopic (exact) mass is 397 g/mol. The molecule has 5 heteroatoms. The van der Waals surface area contributed by atoms with Crippen molar-refractivity contribution in [1.29, 1.82) is 0 Å². The Morgan fingerprint density at radius 2 is 1.30 bits per heavy atom. The molecule has 0 saturated heterocycles. The van der Waals surface area contributed by atoms with E-state index < -0.39 is 17.6 Å². The highest BCUT2D eigenvalue weighted by atomic mass is 16.4. The Labute approximate surface area is 175 Å². The van der Waals surface area contributed by atoms with Gasteiger partial charge in [0.2, 0.25) is 0 Å². The van der Waals surface area contributed by atoms with Crippen molar-refractivity contribution in [2.75, 3.05) is 0 Å². The number of aliphatic carboxylic acids is 1. The third-order valence-corrected chi connectivity index (χ3v) is 5.37. The summed E-state index contributed by atoms with van der Waals surface area (Å²) in [6, 6.07) is 29.5. The Balaban J connectivity index is 2.05. The molecule has 0 saturated carbocycles. The fourth-order valence-electron chi connectivity index (χ4n) is 4.03. The van der Waals surface area contributed by atoms with Gasteiger partial charge in [0.25, 0.3) is 0 Å². The van der Waals surface area contributed by atoms with Gasteiger partial charge in [-0.3, -0.25) is 4.79 Å². The van der Waals surface area contributed by atoms with Crippen molar-refractivity contribution in [3.8, 4) is 0 Å². The summed E-state index contributed by atoms with van der Waals surface area (Å²) in [6.07, 6.45) is 3.72. The van der Waals surface area contributed by atoms with Gasteiger partial charge in [-0.2, -0.15) is 0 Å². The first-order valence-corrected chi connectivity index (χ1v) is 9.81. The van der Waals surface area contributed by atoms with E-state index in [1.54, 1.807) is 6.20 Å². The van der Waals surface area contributed by atoms with Gasteiger partial charge in [0, 0.05) is 18.8 Å². The summed E-state index contributed by atoms with van der Waals surface area (Å²) in [6.45, 7) is 0. The summed E-state index contributed by atoms with van der Waals surface area (Å²) >= 11 is 0. The Morgan fingerprint density at radius 3 is 1.70 bits per heavy atom. The molecule has 0 spiro atoms. The normalized spacial score (nSPS) is 12.4. The number of nitrogens with zero attached hydrogens (tertiary/aromatic N) is 2. The van der Waals surface area contributed by atoms with Gasteiger partial charge in [-0.25, -0.2) is 4.98 Å². The number of carboxylic acid groups (broad SMARTS) is 1. The zero-order chi connectivity index (χ0) is 21.0. The highest BCUT2D eigenvalue weighted by molar-refractivity contribution is 5.73. The van der Waals surface area contributed by atoms with Crippen LogP contribution in [0.1, 0.15) is 22.5 Å². The maximum atomic E-state index is 11.4. The smallest absolute Gasteiger partial charge is 0.320 e. The molecule has 0 bridgehead atoms. The van der Waals surface area contributed by atoms with Crippen LogP contribution >= 0.6 is 0 Å². The molecule has 3 aromatic carbocycles. The van der Waals surface area contributed by atoms with E-state index in [9.17, 15) is 9.90 Å². The number of hydrogen-bond donors (Lipinski definition) is 2. The molecule has 1 heterocycles. The van der Waals surface area contributed by atoms with E-state index >= 15 is 0 Å². The highest BCUT2D eigenvalue weighted by Crippen LogP contribution is 2.41. The van der Waals surface area contributed by atoms with E-state index in [1.165, 1.54) is 0 Å². The van der Waals surface area contributed by atoms with E-state index in [0.29, 0.717) is 5.82 Å². The average molecular weight is 397 g/mol. The van der Waals surface area contributed by atoms with Gasteiger partial charge < -0.3 is 15.4 Å². The molecule has 150 valence electrons. The van der Waals surface area contributed by atoms with Crippen LogP contribution in [0.15, 0.2) is 103 Å². The Morgan fingerprint density at radius 1 is 0.867 bits per heavy atom. The van der Waals surface area contributed by atoms with Crippen LogP contribution < -0.4 is 5.73 Å². The van der Waals surface area contributed by atoms with E-state index in [1.807, 2.05) is 60.8 Å². The Kier molecular flexibility index (Phi) is 5.46. The average Bonchev–Trinajstić information content (AvgIpc) is 3.25. The highest BCUT2D eigenvalue weighted by Gasteiger charge is 2.39. The van der Waals surface area contributed by atoms with Gasteiger partial charge >= 0.3 is 5.97 Å². The topological polar surface area (TPSA) is 81.1 Å². The minimum Gasteiger partial charge on any atom is -0.480 e. The lowest BCUT2D eigenvalue weighted by Gasteiger charge is -2.38. The molecule has 4 rings (SSSR count). The summed E-state index contributed by atoms with van der Waals surface area (Å²) in [5.74, 6) is -0.434. The molecular formula is C25H23N3O2. The maximum Gasteiger partial charge on any atom is 0.320 e. The second kappa shape index (κ2) is 8.35. The molecule has 30 heavy (non-hydrogen) atoms. The van der Waals surface area contributed by atoms with Crippen molar-refractivity contribution in [2.45, 2.75) is 18.0 Å². The molecule has 0 radical (unpaired) electrons. The standard InChI is InChI=1S/C25H23N3O2/c26-22(24(29)30)18-23-27-16-17-28(23)25(19-10-4-1-5-11-19,20-12-6-2-7-13-20)21-14-8-3-9-15-21/h1-17,22H,18,26H2,(H,29,30). The maximum absolute atomic E-state index is 11.4. The second-order valence-corrected chi connectivity index (χ2v) is 7.17. The summed E-state index contributed by atoms with van der Waals surface area (Å²) in [5.41, 5.74) is 8.30. The largest absolute Gasteiger partial charge is 0.480 e. The predicted molar refractivity (Wildman–Crippen MR) is 116 cm³/mol. The first-order valence-electron chi connectivity index (χ1n) is 9.81. The molecular weight excluding hydrogens is 374 g/mol. The SMILES string of the molecule is NC(Cc1nccn1C(c1ccccc1)(c1ccccc1)c1ccccc1)C(=O)O. The zero-order valence-corrected chi connectivity index (χ0v) is 16.4. The van der Waals surface area contributed by atoms with Crippen LogP contribution in [0.5, 0.6) is 0 Å². The minimum atomic E-state index is -1.05. The third-order valence-electron chi connectivity index (χ3n) is 5.37. The van der Waals surface area contributed by atoms with Crippen molar-refractivity contribution in [3.05, 3.63) is 126 Å². The molecule has 0 aliphatic heterocycles. The van der Waals surface area contributed by atoms with Crippen LogP contribution in [-0.4, -0.2) is 26.7 Å². The van der Waals surface area contributed by atoms with E-state index in [4.69, 9.17) is 5.73 Å². The quantitative estimate of drug-likeness (QED) is 0.466. The van der Waals surface area contributed by atoms with Crippen molar-refractivity contribution in [3.63, 3.8) is 0 Å². The number of carboxylic acids is 1. The first kappa shape index (κ1) is 19.6. The molecule has 1 aromatic heterocycles. The van der Waals surface area contributed by atoms with Crippen molar-refractivity contribution in [2.24, 2.45) is 5.73 Å². The summed E-state index contributed by atoms with van der Waals surface area (Å²) in [7, 11) is 0. The van der Waals surface area contributed by atoms with Gasteiger partial charge in [0.05, 0.1) is 0 Å². The summed E-state index contributed by atoms with van der Waals surface area (Å²) in [4.78, 5) is 15.9. The molecule has 0 fully saturated rings. The fraction of sp³-hybridized carbons (Fsp3) is 0.120. The fourth-order valence-corrected chi connectivity index (χ4v) is 4.03. The molecule has 0 aliphatic carbocycles. The number of imidazole rings is 1. The third kappa shape index (κ3) is 3.40. The molecule has 1 unspecified atom stereocenters. The Bertz CT molecular complexity index is 1010. The van der Waals surface area contributed by atoms with Crippen LogP contribution in [0.25, 0.3) is 0 Å². The molecule has 1 atom stereocenters. The van der Waals surface area contributed by atoms with Gasteiger partial charge in [0.15, 0.2) is 0 Å². The van der Waals surface area contributed by atoms with E-state index in [-0.39, 0.29) is 6.42 Å². The van der Waals surface area contributed by atoms with Gasteiger partial charge in [-0.1, -0.05) is 91.0 Å². The van der Waals surface area contributed by atoms with Crippen LogP contribution in [-0.2, 0) is 16.8 Å². The molecule has 4 aromatic rings. The van der Waals surface area contributed by atoms with Crippen LogP contribution in [0.2, 0.25) is 0 Å². The number of rotatable bonds is 7. The second-order valence-electron chi connectivity index (χ2n) is 7.17. The van der Waals surface area contributed by atoms with Crippen LogP contribution in [0.4, 0.5) is 0 Å². The Hall–Kier alpha value is -3.70. The molecule has 0 amide bonds. The van der Waals surface area contributed by atoms with E-state index in [2.05, 4.69) is 45.9 Å². The summed E-state index contributed by atoms with van der Waals surface area (Å²) in [5, 5.41) is 9.36. The molecule has 5 nitrogen and oxygen atoms in total. The lowest BCUT2D eigenvalue weighted by Crippen LogP contribution is -2.40. The number of nitrogens with two attached hydrogens (primary N) is 1. The van der Waals surface area contributed by atoms with Crippen molar-refractivity contribution >= 4 is 5.97 Å². The number of carbonyl (C=O) groups is 1. The van der Waals surface area contributed by atoms with Gasteiger partial charge in [-0.15, -0.1) is 0 Å². The van der Waals surface area contributed by atoms with Crippen LogP contribution in [0.3, 0.4) is 0 Å². The summed E-state index contributed by atoms with van der Waals surface area (Å²) < 4.78 is 2.05. The minimum absolute atomic E-state index is 0.122. The molecule has 0 aliphatic rings. The molecule has 3 N–H and O–H groups in total. The lowest BCUT2D eigenvalue weighted by molar-refractivity contribution is -0.138. The van der Waals surface area contributed by atoms with Crippen molar-refractivity contribution in [1.82, 2.24) is 9.55 Å². The van der Waals surface area contributed by atoms with E-state index in [0.717, 1.165) is 16.7 Å². The van der Waals surface area contributed by atoms with Crippen LogP contribution in [0, 0.1) is 0 Å². The first-order chi connectivity index (χ1) is 14.6. The van der Waals surface area contributed by atoms with Gasteiger partial charge in [-0.05, 0) is 16.7 Å². The lowest BCUT2D eigenvalue weighted by atomic mass is 9.76.